The van der Waals surface area contributed by atoms with Crippen molar-refractivity contribution in [3.63, 3.8) is 0 Å². The van der Waals surface area contributed by atoms with Crippen LogP contribution in [0.3, 0.4) is 0 Å². The number of nitrogens with one attached hydrogen (secondary N) is 1. The molecule has 3 heterocycles. The molecule has 2 aromatic heterocycles. The molecule has 0 aliphatic carbocycles. The maximum absolute atomic E-state index is 12.5. The second-order valence-corrected chi connectivity index (χ2v) is 6.60. The quantitative estimate of drug-likeness (QED) is 0.798. The van der Waals surface area contributed by atoms with E-state index < -0.39 is 0 Å². The molecule has 0 atom stereocenters. The molecule has 0 unspecified atom stereocenters. The van der Waals surface area contributed by atoms with Gasteiger partial charge in [-0.1, -0.05) is 6.92 Å². The molecule has 25 heavy (non-hydrogen) atoms. The monoisotopic (exact) mass is 335 g/mol. The summed E-state index contributed by atoms with van der Waals surface area (Å²) < 4.78 is 1.54. The number of nitrogens with zero attached hydrogens (tertiary/aromatic N) is 4. The van der Waals surface area contributed by atoms with Crippen LogP contribution in [0.25, 0.3) is 5.65 Å². The number of anilines is 2. The predicted octanol–water partition coefficient (Wildman–Crippen LogP) is 3.22. The molecule has 6 heteroatoms. The van der Waals surface area contributed by atoms with Crippen LogP contribution in [0.2, 0.25) is 0 Å². The highest BCUT2D eigenvalue weighted by Crippen LogP contribution is 2.24. The number of amides is 1. The predicted molar refractivity (Wildman–Crippen MR) is 98.0 cm³/mol. The Hall–Kier alpha value is -2.89. The van der Waals surface area contributed by atoms with Gasteiger partial charge >= 0.3 is 0 Å². The van der Waals surface area contributed by atoms with Crippen LogP contribution in [0.15, 0.2) is 48.8 Å². The first-order valence-electron chi connectivity index (χ1n) is 8.66. The summed E-state index contributed by atoms with van der Waals surface area (Å²) in [6.07, 6.45) is 5.72. The molecule has 3 aromatic rings. The number of carbonyl (C=O) groups excluding carboxylic acids is 1. The number of rotatable bonds is 3. The first kappa shape index (κ1) is 15.6. The Morgan fingerprint density at radius 2 is 1.84 bits per heavy atom. The maximum atomic E-state index is 12.5. The molecule has 0 spiro atoms. The summed E-state index contributed by atoms with van der Waals surface area (Å²) in [6, 6.07) is 11.5. The highest BCUT2D eigenvalue weighted by molar-refractivity contribution is 6.03. The van der Waals surface area contributed by atoms with Crippen molar-refractivity contribution in [2.24, 2.45) is 5.92 Å². The molecular formula is C19H21N5O. The molecule has 1 aromatic carbocycles. The molecular weight excluding hydrogens is 314 g/mol. The topological polar surface area (TPSA) is 62.5 Å². The largest absolute Gasteiger partial charge is 0.372 e. The zero-order valence-corrected chi connectivity index (χ0v) is 14.2. The Balaban J connectivity index is 1.47. The van der Waals surface area contributed by atoms with E-state index in [9.17, 15) is 4.79 Å². The highest BCUT2D eigenvalue weighted by Gasteiger charge is 2.16. The number of hydrogen-bond donors (Lipinski definition) is 1. The van der Waals surface area contributed by atoms with Crippen molar-refractivity contribution in [1.29, 1.82) is 0 Å². The molecule has 1 fully saturated rings. The molecule has 1 saturated heterocycles. The van der Waals surface area contributed by atoms with Gasteiger partial charge in [0.1, 0.15) is 5.69 Å². The first-order valence-corrected chi connectivity index (χ1v) is 8.66. The Kier molecular flexibility index (Phi) is 4.09. The Bertz CT molecular complexity index is 878. The maximum Gasteiger partial charge on any atom is 0.274 e. The van der Waals surface area contributed by atoms with Crippen molar-refractivity contribution < 1.29 is 4.79 Å². The van der Waals surface area contributed by atoms with Gasteiger partial charge in [-0.2, -0.15) is 5.10 Å². The first-order chi connectivity index (χ1) is 12.2. The normalized spacial score (nSPS) is 15.5. The minimum Gasteiger partial charge on any atom is -0.372 e. The SMILES string of the molecule is CC1CCN(c2ccc(NC(=O)c3ccnc4ccnn34)cc2)CC1. The van der Waals surface area contributed by atoms with Crippen LogP contribution in [0, 0.1) is 5.92 Å². The molecule has 128 valence electrons. The van der Waals surface area contributed by atoms with E-state index in [1.54, 1.807) is 29.0 Å². The van der Waals surface area contributed by atoms with Gasteiger partial charge in [-0.05, 0) is 49.1 Å². The van der Waals surface area contributed by atoms with Crippen LogP contribution in [0.1, 0.15) is 30.3 Å². The lowest BCUT2D eigenvalue weighted by Crippen LogP contribution is -2.32. The van der Waals surface area contributed by atoms with Crippen LogP contribution in [0.5, 0.6) is 0 Å². The van der Waals surface area contributed by atoms with Gasteiger partial charge in [-0.15, -0.1) is 0 Å². The van der Waals surface area contributed by atoms with Crippen molar-refractivity contribution >= 4 is 22.9 Å². The van der Waals surface area contributed by atoms with E-state index >= 15 is 0 Å². The molecule has 4 rings (SSSR count). The standard InChI is InChI=1S/C19H21N5O/c1-14-8-12-23(13-9-14)16-4-2-15(3-5-16)22-19(25)17-6-10-20-18-7-11-21-24(17)18/h2-7,10-11,14H,8-9,12-13H2,1H3,(H,22,25). The molecule has 0 saturated carbocycles. The molecule has 0 bridgehead atoms. The second-order valence-electron chi connectivity index (χ2n) is 6.60. The highest BCUT2D eigenvalue weighted by atomic mass is 16.2. The van der Waals surface area contributed by atoms with E-state index in [4.69, 9.17) is 0 Å². The lowest BCUT2D eigenvalue weighted by molar-refractivity contribution is 0.102. The van der Waals surface area contributed by atoms with Gasteiger partial charge in [0.25, 0.3) is 5.91 Å². The summed E-state index contributed by atoms with van der Waals surface area (Å²) in [7, 11) is 0. The Labute approximate surface area is 146 Å². The van der Waals surface area contributed by atoms with Gasteiger partial charge in [-0.25, -0.2) is 9.50 Å². The van der Waals surface area contributed by atoms with Gasteiger partial charge in [0, 0.05) is 36.7 Å². The zero-order valence-electron chi connectivity index (χ0n) is 14.2. The molecule has 1 N–H and O–H groups in total. The average molecular weight is 335 g/mol. The lowest BCUT2D eigenvalue weighted by Gasteiger charge is -2.32. The van der Waals surface area contributed by atoms with Crippen LogP contribution >= 0.6 is 0 Å². The van der Waals surface area contributed by atoms with Gasteiger partial charge < -0.3 is 10.2 Å². The van der Waals surface area contributed by atoms with E-state index in [1.807, 2.05) is 12.1 Å². The fraction of sp³-hybridized carbons (Fsp3) is 0.316. The summed E-state index contributed by atoms with van der Waals surface area (Å²) in [4.78, 5) is 19.1. The number of benzene rings is 1. The number of hydrogen-bond acceptors (Lipinski definition) is 4. The summed E-state index contributed by atoms with van der Waals surface area (Å²) in [6.45, 7) is 4.51. The van der Waals surface area contributed by atoms with Gasteiger partial charge in [0.05, 0.1) is 6.20 Å². The third kappa shape index (κ3) is 3.20. The lowest BCUT2D eigenvalue weighted by atomic mass is 9.99. The number of carbonyl (C=O) groups is 1. The minimum absolute atomic E-state index is 0.198. The van der Waals surface area contributed by atoms with Crippen molar-refractivity contribution in [3.05, 3.63) is 54.5 Å². The van der Waals surface area contributed by atoms with Gasteiger partial charge in [-0.3, -0.25) is 4.79 Å². The summed E-state index contributed by atoms with van der Waals surface area (Å²) in [5.41, 5.74) is 3.10. The van der Waals surface area contributed by atoms with Crippen LogP contribution < -0.4 is 10.2 Å². The van der Waals surface area contributed by atoms with Gasteiger partial charge in [0.2, 0.25) is 0 Å². The fourth-order valence-electron chi connectivity index (χ4n) is 3.22. The summed E-state index contributed by atoms with van der Waals surface area (Å²) >= 11 is 0. The number of piperidine rings is 1. The van der Waals surface area contributed by atoms with Crippen LogP contribution in [-0.4, -0.2) is 33.6 Å². The summed E-state index contributed by atoms with van der Waals surface area (Å²) in [5, 5.41) is 7.08. The van der Waals surface area contributed by atoms with E-state index in [2.05, 4.69) is 39.4 Å². The molecule has 1 amide bonds. The number of aromatic nitrogens is 3. The molecule has 1 aliphatic rings. The Morgan fingerprint density at radius 3 is 2.60 bits per heavy atom. The van der Waals surface area contributed by atoms with Crippen molar-refractivity contribution in [3.8, 4) is 0 Å². The fourth-order valence-corrected chi connectivity index (χ4v) is 3.22. The third-order valence-corrected chi connectivity index (χ3v) is 4.80. The average Bonchev–Trinajstić information content (AvgIpc) is 3.12. The van der Waals surface area contributed by atoms with Gasteiger partial charge in [0.15, 0.2) is 5.65 Å². The van der Waals surface area contributed by atoms with E-state index in [0.29, 0.717) is 11.3 Å². The van der Waals surface area contributed by atoms with Crippen LogP contribution in [0.4, 0.5) is 11.4 Å². The van der Waals surface area contributed by atoms with E-state index in [1.165, 1.54) is 18.5 Å². The second kappa shape index (κ2) is 6.55. The zero-order chi connectivity index (χ0) is 17.2. The van der Waals surface area contributed by atoms with E-state index in [-0.39, 0.29) is 5.91 Å². The van der Waals surface area contributed by atoms with Crippen molar-refractivity contribution in [2.75, 3.05) is 23.3 Å². The smallest absolute Gasteiger partial charge is 0.274 e. The molecule has 1 aliphatic heterocycles. The van der Waals surface area contributed by atoms with Crippen molar-refractivity contribution in [1.82, 2.24) is 14.6 Å². The molecule has 0 radical (unpaired) electrons. The van der Waals surface area contributed by atoms with Crippen molar-refractivity contribution in [2.45, 2.75) is 19.8 Å². The number of fused-ring (bicyclic) bond motifs is 1. The summed E-state index contributed by atoms with van der Waals surface area (Å²) in [5.74, 6) is 0.616. The van der Waals surface area contributed by atoms with Crippen LogP contribution in [-0.2, 0) is 0 Å². The third-order valence-electron chi connectivity index (χ3n) is 4.80. The van der Waals surface area contributed by atoms with E-state index in [0.717, 1.165) is 24.7 Å². The molecule has 6 nitrogen and oxygen atoms in total. The Morgan fingerprint density at radius 1 is 1.08 bits per heavy atom. The minimum atomic E-state index is -0.198.